The second-order valence-electron chi connectivity index (χ2n) is 5.89. The normalized spacial score (nSPS) is 25.5. The molecule has 0 amide bonds. The summed E-state index contributed by atoms with van der Waals surface area (Å²) in [4.78, 5) is 1.25. The molecule has 1 aromatic rings. The first-order valence-corrected chi connectivity index (χ1v) is 7.99. The van der Waals surface area contributed by atoms with Crippen molar-refractivity contribution in [2.75, 3.05) is 26.2 Å². The predicted octanol–water partition coefficient (Wildman–Crippen LogP) is 0.818. The second kappa shape index (κ2) is 8.11. The molecule has 5 heteroatoms. The maximum atomic E-state index is 10.1. The highest BCUT2D eigenvalue weighted by Gasteiger charge is 2.23. The standard InChI is InChI=1S/C16H24ClNO3/c1-12(13-4-6-14(17)7-5-13)21-11-16(20)10-18-8-2-3-15(19)9-18/h4-7,12,15-16,19-20H,2-3,8-11H2,1H3/p+1/t12-,15+,16+/m1/s1. The molecule has 1 aliphatic heterocycles. The van der Waals surface area contributed by atoms with E-state index in [2.05, 4.69) is 0 Å². The molecule has 0 aromatic heterocycles. The number of hydrogen-bond acceptors (Lipinski definition) is 3. The van der Waals surface area contributed by atoms with E-state index in [4.69, 9.17) is 16.3 Å². The third kappa shape index (κ3) is 5.57. The summed E-state index contributed by atoms with van der Waals surface area (Å²) in [7, 11) is 0. The van der Waals surface area contributed by atoms with Gasteiger partial charge in [-0.25, -0.2) is 0 Å². The van der Waals surface area contributed by atoms with Crippen molar-refractivity contribution < 1.29 is 19.8 Å². The minimum atomic E-state index is -0.500. The summed E-state index contributed by atoms with van der Waals surface area (Å²) in [6.45, 7) is 4.64. The number of ether oxygens (including phenoxy) is 1. The molecule has 1 fully saturated rings. The topological polar surface area (TPSA) is 54.1 Å². The Hall–Kier alpha value is -0.650. The van der Waals surface area contributed by atoms with E-state index in [0.717, 1.165) is 31.5 Å². The van der Waals surface area contributed by atoms with Gasteiger partial charge in [-0.1, -0.05) is 23.7 Å². The van der Waals surface area contributed by atoms with Crippen LogP contribution in [0.15, 0.2) is 24.3 Å². The van der Waals surface area contributed by atoms with Crippen LogP contribution < -0.4 is 4.90 Å². The minimum absolute atomic E-state index is 0.0705. The van der Waals surface area contributed by atoms with Crippen LogP contribution in [0.5, 0.6) is 0 Å². The van der Waals surface area contributed by atoms with Crippen LogP contribution in [0, 0.1) is 0 Å². The Labute approximate surface area is 131 Å². The molecule has 1 unspecified atom stereocenters. The fraction of sp³-hybridized carbons (Fsp3) is 0.625. The maximum absolute atomic E-state index is 10.1. The molecule has 0 saturated carbocycles. The monoisotopic (exact) mass is 314 g/mol. The number of piperidine rings is 1. The van der Waals surface area contributed by atoms with Gasteiger partial charge in [0.25, 0.3) is 0 Å². The third-order valence-electron chi connectivity index (χ3n) is 3.99. The smallest absolute Gasteiger partial charge is 0.126 e. The van der Waals surface area contributed by atoms with Crippen molar-refractivity contribution in [1.29, 1.82) is 0 Å². The van der Waals surface area contributed by atoms with Gasteiger partial charge < -0.3 is 19.8 Å². The Kier molecular flexibility index (Phi) is 6.45. The lowest BCUT2D eigenvalue weighted by molar-refractivity contribution is -0.911. The van der Waals surface area contributed by atoms with E-state index < -0.39 is 6.10 Å². The zero-order valence-electron chi connectivity index (χ0n) is 12.5. The number of aliphatic hydroxyl groups is 2. The number of halogens is 1. The van der Waals surface area contributed by atoms with Gasteiger partial charge in [-0.3, -0.25) is 0 Å². The Balaban J connectivity index is 1.72. The molecular weight excluding hydrogens is 290 g/mol. The zero-order valence-corrected chi connectivity index (χ0v) is 13.2. The van der Waals surface area contributed by atoms with Gasteiger partial charge in [0.2, 0.25) is 0 Å². The Bertz CT molecular complexity index is 426. The van der Waals surface area contributed by atoms with Crippen molar-refractivity contribution >= 4 is 11.6 Å². The van der Waals surface area contributed by atoms with Gasteiger partial charge in [0, 0.05) is 5.02 Å². The number of likely N-dealkylation sites (tertiary alicyclic amines) is 1. The van der Waals surface area contributed by atoms with Crippen molar-refractivity contribution in [2.45, 2.75) is 38.1 Å². The van der Waals surface area contributed by atoms with E-state index >= 15 is 0 Å². The number of quaternary nitrogens is 1. The van der Waals surface area contributed by atoms with Gasteiger partial charge in [0.15, 0.2) is 0 Å². The quantitative estimate of drug-likeness (QED) is 0.728. The first kappa shape index (κ1) is 16.7. The maximum Gasteiger partial charge on any atom is 0.126 e. The highest BCUT2D eigenvalue weighted by atomic mass is 35.5. The van der Waals surface area contributed by atoms with Gasteiger partial charge >= 0.3 is 0 Å². The average molecular weight is 315 g/mol. The number of nitrogens with one attached hydrogen (secondary N) is 1. The summed E-state index contributed by atoms with van der Waals surface area (Å²) in [5.74, 6) is 0. The van der Waals surface area contributed by atoms with Gasteiger partial charge in [-0.15, -0.1) is 0 Å². The molecule has 0 spiro atoms. The van der Waals surface area contributed by atoms with Crippen LogP contribution in [0.1, 0.15) is 31.4 Å². The highest BCUT2D eigenvalue weighted by Crippen LogP contribution is 2.19. The van der Waals surface area contributed by atoms with E-state index in [-0.39, 0.29) is 12.2 Å². The van der Waals surface area contributed by atoms with Crippen molar-refractivity contribution in [3.63, 3.8) is 0 Å². The van der Waals surface area contributed by atoms with Crippen molar-refractivity contribution in [1.82, 2.24) is 0 Å². The average Bonchev–Trinajstić information content (AvgIpc) is 2.45. The van der Waals surface area contributed by atoms with Crippen LogP contribution >= 0.6 is 11.6 Å². The molecule has 0 radical (unpaired) electrons. The van der Waals surface area contributed by atoms with E-state index in [9.17, 15) is 10.2 Å². The summed E-state index contributed by atoms with van der Waals surface area (Å²) in [5.41, 5.74) is 1.05. The van der Waals surface area contributed by atoms with Crippen LogP contribution in [-0.2, 0) is 4.74 Å². The second-order valence-corrected chi connectivity index (χ2v) is 6.32. The largest absolute Gasteiger partial charge is 0.387 e. The molecule has 2 rings (SSSR count). The number of aliphatic hydroxyl groups excluding tert-OH is 2. The van der Waals surface area contributed by atoms with Crippen molar-refractivity contribution in [2.24, 2.45) is 0 Å². The fourth-order valence-electron chi connectivity index (χ4n) is 2.79. The van der Waals surface area contributed by atoms with E-state index in [1.165, 1.54) is 4.90 Å². The van der Waals surface area contributed by atoms with E-state index in [1.807, 2.05) is 31.2 Å². The lowest BCUT2D eigenvalue weighted by atomic mass is 10.1. The molecule has 118 valence electrons. The first-order chi connectivity index (χ1) is 10.0. The Morgan fingerprint density at radius 3 is 2.76 bits per heavy atom. The molecule has 1 aromatic carbocycles. The summed E-state index contributed by atoms with van der Waals surface area (Å²) in [5, 5.41) is 20.4. The van der Waals surface area contributed by atoms with Crippen LogP contribution in [0.25, 0.3) is 0 Å². The fourth-order valence-corrected chi connectivity index (χ4v) is 2.91. The van der Waals surface area contributed by atoms with Crippen molar-refractivity contribution in [3.8, 4) is 0 Å². The molecule has 1 heterocycles. The van der Waals surface area contributed by atoms with Gasteiger partial charge in [-0.05, 0) is 37.5 Å². The molecule has 4 atom stereocenters. The molecular formula is C16H25ClNO3+. The zero-order chi connectivity index (χ0) is 15.2. The lowest BCUT2D eigenvalue weighted by Gasteiger charge is -2.28. The lowest BCUT2D eigenvalue weighted by Crippen LogP contribution is -3.15. The summed E-state index contributed by atoms with van der Waals surface area (Å²) in [6.07, 6.45) is 1.10. The molecule has 0 aliphatic carbocycles. The highest BCUT2D eigenvalue weighted by molar-refractivity contribution is 6.30. The van der Waals surface area contributed by atoms with Gasteiger partial charge in [0.05, 0.1) is 19.3 Å². The number of benzene rings is 1. The molecule has 0 bridgehead atoms. The molecule has 4 nitrogen and oxygen atoms in total. The Morgan fingerprint density at radius 2 is 2.10 bits per heavy atom. The minimum Gasteiger partial charge on any atom is -0.387 e. The Morgan fingerprint density at radius 1 is 1.38 bits per heavy atom. The van der Waals surface area contributed by atoms with Gasteiger partial charge in [-0.2, -0.15) is 0 Å². The molecule has 21 heavy (non-hydrogen) atoms. The summed E-state index contributed by atoms with van der Waals surface area (Å²) >= 11 is 5.86. The SMILES string of the molecule is C[C@@H](OC[C@@H](O)C[NH+]1CCC[C@H](O)C1)c1ccc(Cl)cc1. The van der Waals surface area contributed by atoms with Crippen LogP contribution in [0.2, 0.25) is 5.02 Å². The summed E-state index contributed by atoms with van der Waals surface area (Å²) in [6, 6.07) is 7.55. The predicted molar refractivity (Wildman–Crippen MR) is 82.6 cm³/mol. The van der Waals surface area contributed by atoms with Crippen LogP contribution in [0.4, 0.5) is 0 Å². The van der Waals surface area contributed by atoms with Gasteiger partial charge in [0.1, 0.15) is 25.3 Å². The van der Waals surface area contributed by atoms with E-state index in [0.29, 0.717) is 18.2 Å². The van der Waals surface area contributed by atoms with E-state index in [1.54, 1.807) is 0 Å². The third-order valence-corrected chi connectivity index (χ3v) is 4.25. The number of hydrogen-bond donors (Lipinski definition) is 3. The molecule has 3 N–H and O–H groups in total. The molecule has 1 aliphatic rings. The molecule has 1 saturated heterocycles. The summed E-state index contributed by atoms with van der Waals surface area (Å²) < 4.78 is 5.73. The number of rotatable bonds is 6. The van der Waals surface area contributed by atoms with Crippen LogP contribution in [-0.4, -0.2) is 48.7 Å². The van der Waals surface area contributed by atoms with Crippen LogP contribution in [0.3, 0.4) is 0 Å². The first-order valence-electron chi connectivity index (χ1n) is 7.61. The van der Waals surface area contributed by atoms with Crippen molar-refractivity contribution in [3.05, 3.63) is 34.9 Å².